The Balaban J connectivity index is 1.58. The average molecular weight is 387 g/mol. The van der Waals surface area contributed by atoms with Crippen LogP contribution >= 0.6 is 11.3 Å². The zero-order valence-corrected chi connectivity index (χ0v) is 16.5. The first-order chi connectivity index (χ1) is 13.2. The van der Waals surface area contributed by atoms with E-state index in [1.807, 2.05) is 42.9 Å². The van der Waals surface area contributed by atoms with Crippen molar-refractivity contribution in [3.63, 3.8) is 0 Å². The lowest BCUT2D eigenvalue weighted by Gasteiger charge is -2.31. The molecule has 4 heterocycles. The topological polar surface area (TPSA) is 58.6 Å². The lowest BCUT2D eigenvalue weighted by molar-refractivity contribution is -0.157. The summed E-state index contributed by atoms with van der Waals surface area (Å²) in [6, 6.07) is 5.95. The van der Waals surface area contributed by atoms with Crippen LogP contribution in [0.5, 0.6) is 0 Å². The van der Waals surface area contributed by atoms with Crippen molar-refractivity contribution in [1.82, 2.24) is 14.9 Å². The van der Waals surface area contributed by atoms with Gasteiger partial charge in [0.15, 0.2) is 0 Å². The highest BCUT2D eigenvalue weighted by Crippen LogP contribution is 2.45. The van der Waals surface area contributed by atoms with E-state index >= 15 is 0 Å². The van der Waals surface area contributed by atoms with Gasteiger partial charge in [0.2, 0.25) is 0 Å². The first kappa shape index (κ1) is 18.4. The highest BCUT2D eigenvalue weighted by atomic mass is 32.1. The number of ether oxygens (including phenoxy) is 1. The van der Waals surface area contributed by atoms with E-state index < -0.39 is 5.41 Å². The number of likely N-dealkylation sites (tertiary alicyclic amines) is 1. The van der Waals surface area contributed by atoms with Gasteiger partial charge in [-0.3, -0.25) is 9.69 Å². The van der Waals surface area contributed by atoms with Crippen LogP contribution in [0.1, 0.15) is 24.8 Å². The summed E-state index contributed by atoms with van der Waals surface area (Å²) in [5, 5.41) is 3.16. The molecule has 2 aromatic rings. The van der Waals surface area contributed by atoms with Crippen LogP contribution in [0.2, 0.25) is 0 Å². The Morgan fingerprint density at radius 2 is 2.26 bits per heavy atom. The monoisotopic (exact) mass is 386 g/mol. The Labute approximate surface area is 164 Å². The smallest absolute Gasteiger partial charge is 0.314 e. The van der Waals surface area contributed by atoms with E-state index in [4.69, 9.17) is 4.74 Å². The normalized spacial score (nSPS) is 25.8. The largest absolute Gasteiger partial charge is 0.466 e. The molecule has 0 aromatic carbocycles. The zero-order chi connectivity index (χ0) is 18.7. The summed E-state index contributed by atoms with van der Waals surface area (Å²) in [4.78, 5) is 26.7. The number of fused-ring (bicyclic) bond motifs is 1. The minimum atomic E-state index is -0.439. The van der Waals surface area contributed by atoms with Gasteiger partial charge in [-0.1, -0.05) is 6.07 Å². The maximum absolute atomic E-state index is 13.1. The lowest BCUT2D eigenvalue weighted by atomic mass is 9.75. The molecule has 0 aliphatic carbocycles. The number of rotatable bonds is 5. The quantitative estimate of drug-likeness (QED) is 0.737. The van der Waals surface area contributed by atoms with Gasteiger partial charge in [-0.25, -0.2) is 9.97 Å². The van der Waals surface area contributed by atoms with Crippen LogP contribution in [0.15, 0.2) is 36.0 Å². The second-order valence-electron chi connectivity index (χ2n) is 7.41. The maximum atomic E-state index is 13.1. The number of pyridine rings is 1. The molecule has 7 heteroatoms. The number of aromatic nitrogens is 2. The first-order valence-electron chi connectivity index (χ1n) is 9.65. The molecule has 144 valence electrons. The number of anilines is 1. The number of carbonyl (C=O) groups is 1. The van der Waals surface area contributed by atoms with E-state index in [1.54, 1.807) is 11.3 Å². The third-order valence-corrected chi connectivity index (χ3v) is 6.53. The van der Waals surface area contributed by atoms with Crippen LogP contribution in [-0.2, 0) is 16.1 Å². The summed E-state index contributed by atoms with van der Waals surface area (Å²) < 4.78 is 5.55. The summed E-state index contributed by atoms with van der Waals surface area (Å²) in [7, 11) is 0. The van der Waals surface area contributed by atoms with E-state index in [1.165, 1.54) is 0 Å². The molecule has 6 nitrogen and oxygen atoms in total. The molecule has 2 fully saturated rings. The molecule has 0 unspecified atom stereocenters. The fraction of sp³-hybridized carbons (Fsp3) is 0.550. The number of esters is 1. The molecule has 2 saturated heterocycles. The number of carbonyl (C=O) groups excluding carboxylic acids is 1. The maximum Gasteiger partial charge on any atom is 0.314 e. The number of nitrogens with zero attached hydrogens (tertiary/aromatic N) is 4. The number of thiazole rings is 1. The first-order valence-corrected chi connectivity index (χ1v) is 10.5. The van der Waals surface area contributed by atoms with Gasteiger partial charge in [-0.05, 0) is 38.4 Å². The van der Waals surface area contributed by atoms with Crippen molar-refractivity contribution in [1.29, 1.82) is 0 Å². The molecule has 0 bridgehead atoms. The van der Waals surface area contributed by atoms with Gasteiger partial charge in [0.1, 0.15) is 10.8 Å². The molecular formula is C20H26N4O2S. The molecule has 4 rings (SSSR count). The van der Waals surface area contributed by atoms with Crippen LogP contribution in [0.25, 0.3) is 0 Å². The summed E-state index contributed by atoms with van der Waals surface area (Å²) in [6.07, 6.45) is 5.54. The minimum absolute atomic E-state index is 0.0375. The summed E-state index contributed by atoms with van der Waals surface area (Å²) in [5.41, 5.74) is -0.439. The van der Waals surface area contributed by atoms with Crippen LogP contribution in [0.3, 0.4) is 0 Å². The highest BCUT2D eigenvalue weighted by Gasteiger charge is 2.54. The standard InChI is InChI=1S/C20H26N4O2S/c1-2-26-19(25)20-7-5-10-23(14-18-22-9-11-27-18)12-16(20)13-24(15-20)17-6-3-4-8-21-17/h3-4,6,8-9,11,16H,2,5,7,10,12-15H2,1H3/t16-,20-/m0/s1. The Hall–Kier alpha value is -1.99. The molecule has 0 N–H and O–H groups in total. The van der Waals surface area contributed by atoms with Crippen LogP contribution in [-0.4, -0.2) is 53.6 Å². The van der Waals surface area contributed by atoms with E-state index in [0.29, 0.717) is 13.2 Å². The summed E-state index contributed by atoms with van der Waals surface area (Å²) in [5.74, 6) is 1.14. The summed E-state index contributed by atoms with van der Waals surface area (Å²) >= 11 is 1.69. The van der Waals surface area contributed by atoms with Gasteiger partial charge in [-0.15, -0.1) is 11.3 Å². The van der Waals surface area contributed by atoms with Crippen molar-refractivity contribution in [2.24, 2.45) is 11.3 Å². The van der Waals surface area contributed by atoms with Gasteiger partial charge in [0, 0.05) is 43.3 Å². The van der Waals surface area contributed by atoms with Crippen LogP contribution in [0, 0.1) is 11.3 Å². The van der Waals surface area contributed by atoms with Crippen molar-refractivity contribution >= 4 is 23.1 Å². The predicted octanol–water partition coefficient (Wildman–Crippen LogP) is 2.82. The predicted molar refractivity (Wildman–Crippen MR) is 106 cm³/mol. The Morgan fingerprint density at radius 3 is 3.00 bits per heavy atom. The molecule has 0 saturated carbocycles. The van der Waals surface area contributed by atoms with Crippen molar-refractivity contribution in [3.8, 4) is 0 Å². The SMILES string of the molecule is CCOC(=O)[C@]12CCCN(Cc3nccs3)C[C@H]1CN(c1ccccn1)C2. The average Bonchev–Trinajstić information content (AvgIpc) is 3.28. The van der Waals surface area contributed by atoms with Crippen molar-refractivity contribution in [2.45, 2.75) is 26.3 Å². The Bertz CT molecular complexity index is 755. The molecule has 2 aliphatic heterocycles. The molecule has 0 amide bonds. The van der Waals surface area contributed by atoms with E-state index in [-0.39, 0.29) is 11.9 Å². The van der Waals surface area contributed by atoms with Gasteiger partial charge in [-0.2, -0.15) is 0 Å². The second-order valence-corrected chi connectivity index (χ2v) is 8.39. The van der Waals surface area contributed by atoms with Crippen molar-refractivity contribution in [3.05, 3.63) is 41.0 Å². The van der Waals surface area contributed by atoms with E-state index in [0.717, 1.165) is 49.8 Å². The summed E-state index contributed by atoms with van der Waals surface area (Å²) in [6.45, 7) is 6.60. The fourth-order valence-electron chi connectivity index (χ4n) is 4.50. The van der Waals surface area contributed by atoms with Crippen molar-refractivity contribution in [2.75, 3.05) is 37.7 Å². The highest BCUT2D eigenvalue weighted by molar-refractivity contribution is 7.09. The lowest BCUT2D eigenvalue weighted by Crippen LogP contribution is -2.42. The molecular weight excluding hydrogens is 360 g/mol. The molecule has 2 aromatic heterocycles. The van der Waals surface area contributed by atoms with Crippen LogP contribution in [0.4, 0.5) is 5.82 Å². The Morgan fingerprint density at radius 1 is 1.33 bits per heavy atom. The molecule has 27 heavy (non-hydrogen) atoms. The van der Waals surface area contributed by atoms with Gasteiger partial charge in [0.25, 0.3) is 0 Å². The number of hydrogen-bond acceptors (Lipinski definition) is 7. The second kappa shape index (κ2) is 7.94. The van der Waals surface area contributed by atoms with E-state index in [2.05, 4.69) is 19.8 Å². The van der Waals surface area contributed by atoms with Gasteiger partial charge in [0.05, 0.1) is 18.6 Å². The molecule has 0 spiro atoms. The zero-order valence-electron chi connectivity index (χ0n) is 15.7. The molecule has 2 atom stereocenters. The van der Waals surface area contributed by atoms with Gasteiger partial charge >= 0.3 is 5.97 Å². The number of hydrogen-bond donors (Lipinski definition) is 0. The fourth-order valence-corrected chi connectivity index (χ4v) is 5.16. The third-order valence-electron chi connectivity index (χ3n) is 5.77. The third kappa shape index (κ3) is 3.71. The molecule has 0 radical (unpaired) electrons. The van der Waals surface area contributed by atoms with Crippen LogP contribution < -0.4 is 4.90 Å². The minimum Gasteiger partial charge on any atom is -0.466 e. The molecule has 2 aliphatic rings. The van der Waals surface area contributed by atoms with Gasteiger partial charge < -0.3 is 9.64 Å². The van der Waals surface area contributed by atoms with E-state index in [9.17, 15) is 4.79 Å². The Kier molecular flexibility index (Phi) is 5.41. The van der Waals surface area contributed by atoms with Crippen molar-refractivity contribution < 1.29 is 9.53 Å².